The fraction of sp³-hybridized carbons (Fsp3) is 0.467. The Labute approximate surface area is 131 Å². The van der Waals surface area contributed by atoms with Crippen LogP contribution >= 0.6 is 12.4 Å². The zero-order chi connectivity index (χ0) is 14.7. The van der Waals surface area contributed by atoms with E-state index < -0.39 is 0 Å². The van der Waals surface area contributed by atoms with Gasteiger partial charge in [-0.1, -0.05) is 12.1 Å². The number of nitrogens with two attached hydrogens (primary N) is 1. The Morgan fingerprint density at radius 3 is 2.52 bits per heavy atom. The van der Waals surface area contributed by atoms with Gasteiger partial charge in [0.05, 0.1) is 6.42 Å². The number of hydrogen-bond donors (Lipinski definition) is 2. The molecule has 0 aromatic heterocycles. The molecule has 0 saturated carbocycles. The summed E-state index contributed by atoms with van der Waals surface area (Å²) in [6, 6.07) is 6.99. The number of likely N-dealkylation sites (tertiary alicyclic amines) is 1. The smallest absolute Gasteiger partial charge is 0.245 e. The van der Waals surface area contributed by atoms with Gasteiger partial charge in [0.25, 0.3) is 0 Å². The summed E-state index contributed by atoms with van der Waals surface area (Å²) < 4.78 is 0. The molecule has 0 spiro atoms. The summed E-state index contributed by atoms with van der Waals surface area (Å²) in [4.78, 5) is 25.8. The van der Waals surface area contributed by atoms with E-state index in [1.54, 1.807) is 17.0 Å². The van der Waals surface area contributed by atoms with Gasteiger partial charge in [-0.3, -0.25) is 9.59 Å². The van der Waals surface area contributed by atoms with Crippen molar-refractivity contribution in [1.29, 1.82) is 0 Å². The highest BCUT2D eigenvalue weighted by atomic mass is 35.5. The van der Waals surface area contributed by atoms with Crippen LogP contribution in [-0.4, -0.2) is 35.3 Å². The van der Waals surface area contributed by atoms with Crippen LogP contribution in [0.3, 0.4) is 0 Å². The van der Waals surface area contributed by atoms with Crippen LogP contribution < -0.4 is 11.1 Å². The van der Waals surface area contributed by atoms with Crippen molar-refractivity contribution in [2.75, 3.05) is 12.3 Å². The van der Waals surface area contributed by atoms with E-state index in [1.807, 2.05) is 26.0 Å². The molecule has 1 saturated heterocycles. The number of halogens is 1. The third-order valence-corrected chi connectivity index (χ3v) is 3.54. The largest absolute Gasteiger partial charge is 0.399 e. The summed E-state index contributed by atoms with van der Waals surface area (Å²) >= 11 is 0. The maximum Gasteiger partial charge on any atom is 0.245 e. The summed E-state index contributed by atoms with van der Waals surface area (Å²) in [5.74, 6) is -0.107. The zero-order valence-corrected chi connectivity index (χ0v) is 13.2. The van der Waals surface area contributed by atoms with E-state index in [-0.39, 0.29) is 42.7 Å². The lowest BCUT2D eigenvalue weighted by Gasteiger charge is -2.21. The molecule has 0 bridgehead atoms. The number of amides is 2. The molecule has 1 aromatic carbocycles. The third kappa shape index (κ3) is 4.36. The van der Waals surface area contributed by atoms with Crippen LogP contribution in [0.5, 0.6) is 0 Å². The van der Waals surface area contributed by atoms with Gasteiger partial charge in [-0.2, -0.15) is 0 Å². The zero-order valence-electron chi connectivity index (χ0n) is 12.3. The van der Waals surface area contributed by atoms with Gasteiger partial charge < -0.3 is 16.0 Å². The molecule has 0 aliphatic carbocycles. The number of benzene rings is 1. The van der Waals surface area contributed by atoms with Crippen molar-refractivity contribution in [2.45, 2.75) is 38.8 Å². The summed E-state index contributed by atoms with van der Waals surface area (Å²) in [5, 5.41) is 2.82. The highest BCUT2D eigenvalue weighted by molar-refractivity contribution is 5.90. The van der Waals surface area contributed by atoms with Gasteiger partial charge in [-0.25, -0.2) is 0 Å². The Morgan fingerprint density at radius 1 is 1.38 bits per heavy atom. The minimum atomic E-state index is -0.376. The van der Waals surface area contributed by atoms with Crippen LogP contribution in [0.2, 0.25) is 0 Å². The fourth-order valence-electron chi connectivity index (χ4n) is 2.41. The maximum atomic E-state index is 12.1. The van der Waals surface area contributed by atoms with Gasteiger partial charge in [0.2, 0.25) is 11.8 Å². The average molecular weight is 312 g/mol. The molecule has 1 fully saturated rings. The van der Waals surface area contributed by atoms with Crippen LogP contribution in [0.25, 0.3) is 0 Å². The first-order chi connectivity index (χ1) is 9.47. The Hall–Kier alpha value is -1.75. The van der Waals surface area contributed by atoms with Gasteiger partial charge in [-0.15, -0.1) is 12.4 Å². The third-order valence-electron chi connectivity index (χ3n) is 3.54. The molecule has 2 rings (SSSR count). The van der Waals surface area contributed by atoms with Crippen molar-refractivity contribution in [3.63, 3.8) is 0 Å². The van der Waals surface area contributed by atoms with E-state index in [9.17, 15) is 9.59 Å². The summed E-state index contributed by atoms with van der Waals surface area (Å²) in [6.07, 6.45) is 0.955. The van der Waals surface area contributed by atoms with Gasteiger partial charge in [0, 0.05) is 18.3 Å². The number of hydrogen-bond acceptors (Lipinski definition) is 3. The second-order valence-corrected chi connectivity index (χ2v) is 5.45. The number of nitrogens with zero attached hydrogens (tertiary/aromatic N) is 1. The second-order valence-electron chi connectivity index (χ2n) is 5.45. The molecule has 0 radical (unpaired) electrons. The molecule has 1 unspecified atom stereocenters. The minimum Gasteiger partial charge on any atom is -0.399 e. The molecule has 3 N–H and O–H groups in total. The molecule has 1 aromatic rings. The van der Waals surface area contributed by atoms with Crippen molar-refractivity contribution in [3.8, 4) is 0 Å². The quantitative estimate of drug-likeness (QED) is 0.824. The molecule has 1 atom stereocenters. The van der Waals surface area contributed by atoms with E-state index in [0.717, 1.165) is 5.56 Å². The number of nitrogens with one attached hydrogen (secondary N) is 1. The molecule has 116 valence electrons. The lowest BCUT2D eigenvalue weighted by atomic mass is 10.1. The van der Waals surface area contributed by atoms with Crippen LogP contribution in [0.1, 0.15) is 25.8 Å². The Bertz CT molecular complexity index is 502. The molecule has 1 heterocycles. The van der Waals surface area contributed by atoms with Crippen molar-refractivity contribution in [3.05, 3.63) is 29.8 Å². The highest BCUT2D eigenvalue weighted by Gasteiger charge is 2.33. The van der Waals surface area contributed by atoms with Gasteiger partial charge >= 0.3 is 0 Å². The van der Waals surface area contributed by atoms with Crippen molar-refractivity contribution in [1.82, 2.24) is 10.2 Å². The molecule has 21 heavy (non-hydrogen) atoms. The molecular weight excluding hydrogens is 290 g/mol. The Morgan fingerprint density at radius 2 is 2.00 bits per heavy atom. The molecule has 6 heteroatoms. The number of carbonyl (C=O) groups is 2. The normalized spacial score (nSPS) is 17.8. The first-order valence-electron chi connectivity index (χ1n) is 6.91. The SMILES string of the molecule is CC(C)N1CCC(NC(=O)Cc2ccc(N)cc2)C1=O.Cl. The molecule has 1 aliphatic heterocycles. The Balaban J connectivity index is 0.00000220. The lowest BCUT2D eigenvalue weighted by Crippen LogP contribution is -2.43. The topological polar surface area (TPSA) is 75.4 Å². The van der Waals surface area contributed by atoms with Crippen LogP contribution in [0.4, 0.5) is 5.69 Å². The summed E-state index contributed by atoms with van der Waals surface area (Å²) in [6.45, 7) is 4.68. The predicted octanol–water partition coefficient (Wildman–Crippen LogP) is 1.36. The Kier molecular flexibility index (Phi) is 6.03. The van der Waals surface area contributed by atoms with Crippen molar-refractivity contribution >= 4 is 29.9 Å². The molecule has 2 amide bonds. The van der Waals surface area contributed by atoms with Crippen LogP contribution in [-0.2, 0) is 16.0 Å². The molecular formula is C15H22ClN3O2. The first-order valence-corrected chi connectivity index (χ1v) is 6.91. The van der Waals surface area contributed by atoms with E-state index in [0.29, 0.717) is 18.7 Å². The maximum absolute atomic E-state index is 12.1. The monoisotopic (exact) mass is 311 g/mol. The van der Waals surface area contributed by atoms with Gasteiger partial charge in [0.1, 0.15) is 6.04 Å². The van der Waals surface area contributed by atoms with Gasteiger partial charge in [0.15, 0.2) is 0 Å². The second kappa shape index (κ2) is 7.31. The first kappa shape index (κ1) is 17.3. The highest BCUT2D eigenvalue weighted by Crippen LogP contribution is 2.14. The van der Waals surface area contributed by atoms with Crippen LogP contribution in [0.15, 0.2) is 24.3 Å². The van der Waals surface area contributed by atoms with Gasteiger partial charge in [-0.05, 0) is 38.0 Å². The number of rotatable bonds is 4. The summed E-state index contributed by atoms with van der Waals surface area (Å²) in [5.41, 5.74) is 7.17. The molecule has 5 nitrogen and oxygen atoms in total. The summed E-state index contributed by atoms with van der Waals surface area (Å²) in [7, 11) is 0. The number of carbonyl (C=O) groups excluding carboxylic acids is 2. The number of anilines is 1. The molecule has 1 aliphatic rings. The van der Waals surface area contributed by atoms with Crippen LogP contribution in [0, 0.1) is 0 Å². The van der Waals surface area contributed by atoms with E-state index in [1.165, 1.54) is 0 Å². The van der Waals surface area contributed by atoms with E-state index in [4.69, 9.17) is 5.73 Å². The predicted molar refractivity (Wildman–Crippen MR) is 85.2 cm³/mol. The minimum absolute atomic E-state index is 0. The fourth-order valence-corrected chi connectivity index (χ4v) is 2.41. The average Bonchev–Trinajstić information content (AvgIpc) is 2.74. The number of nitrogen functional groups attached to an aromatic ring is 1. The lowest BCUT2D eigenvalue weighted by molar-refractivity contribution is -0.133. The van der Waals surface area contributed by atoms with Crippen molar-refractivity contribution < 1.29 is 9.59 Å². The standard InChI is InChI=1S/C15H21N3O2.ClH/c1-10(2)18-8-7-13(15(18)20)17-14(19)9-11-3-5-12(16)6-4-11;/h3-6,10,13H,7-9,16H2,1-2H3,(H,17,19);1H. The van der Waals surface area contributed by atoms with Crippen molar-refractivity contribution in [2.24, 2.45) is 0 Å². The van der Waals surface area contributed by atoms with E-state index in [2.05, 4.69) is 5.32 Å². The van der Waals surface area contributed by atoms with E-state index >= 15 is 0 Å².